The third-order valence-electron chi connectivity index (χ3n) is 2.80. The Balaban J connectivity index is 2.62. The van der Waals surface area contributed by atoms with Gasteiger partial charge in [0.1, 0.15) is 6.61 Å². The average Bonchev–Trinajstić information content (AvgIpc) is 2.34. The van der Waals surface area contributed by atoms with Crippen LogP contribution in [0.25, 0.3) is 0 Å². The van der Waals surface area contributed by atoms with Gasteiger partial charge in [-0.25, -0.2) is 0 Å². The van der Waals surface area contributed by atoms with Gasteiger partial charge in [0.25, 0.3) is 0 Å². The minimum atomic E-state index is 0.535. The second-order valence-electron chi connectivity index (χ2n) is 5.09. The van der Waals surface area contributed by atoms with Gasteiger partial charge in [-0.1, -0.05) is 37.2 Å². The molecule has 0 saturated heterocycles. The van der Waals surface area contributed by atoms with Crippen LogP contribution in [-0.2, 0) is 4.84 Å². The Morgan fingerprint density at radius 2 is 2.06 bits per heavy atom. The van der Waals surface area contributed by atoms with Crippen LogP contribution >= 0.6 is 0 Å². The summed E-state index contributed by atoms with van der Waals surface area (Å²) in [6, 6.07) is 8.47. The summed E-state index contributed by atoms with van der Waals surface area (Å²) in [6.07, 6.45) is 0. The molecule has 0 bridgehead atoms. The first-order chi connectivity index (χ1) is 8.50. The van der Waals surface area contributed by atoms with Crippen LogP contribution in [0.5, 0.6) is 0 Å². The van der Waals surface area contributed by atoms with E-state index in [1.807, 2.05) is 21.0 Å². The average molecular weight is 248 g/mol. The first kappa shape index (κ1) is 14.7. The molecule has 3 heteroatoms. The van der Waals surface area contributed by atoms with E-state index < -0.39 is 0 Å². The van der Waals surface area contributed by atoms with E-state index in [9.17, 15) is 0 Å². The molecular formula is C15H24N2O. The molecule has 100 valence electrons. The SMILES string of the molecule is C/C(=N\OCCN(C)C)c1cccc(C(C)C)c1. The maximum Gasteiger partial charge on any atom is 0.129 e. The number of likely N-dealkylation sites (N-methyl/N-ethyl adjacent to an activating group) is 1. The van der Waals surface area contributed by atoms with Crippen molar-refractivity contribution in [3.8, 4) is 0 Å². The highest BCUT2D eigenvalue weighted by Crippen LogP contribution is 2.16. The van der Waals surface area contributed by atoms with Gasteiger partial charge in [-0.3, -0.25) is 0 Å². The van der Waals surface area contributed by atoms with Crippen LogP contribution < -0.4 is 0 Å². The van der Waals surface area contributed by atoms with Crippen molar-refractivity contribution in [1.29, 1.82) is 0 Å². The highest BCUT2D eigenvalue weighted by atomic mass is 16.6. The summed E-state index contributed by atoms with van der Waals surface area (Å²) >= 11 is 0. The highest BCUT2D eigenvalue weighted by Gasteiger charge is 2.03. The van der Waals surface area contributed by atoms with Gasteiger partial charge in [0.05, 0.1) is 5.71 Å². The Labute approximate surface area is 110 Å². The predicted molar refractivity (Wildman–Crippen MR) is 77.2 cm³/mol. The molecule has 18 heavy (non-hydrogen) atoms. The quantitative estimate of drug-likeness (QED) is 0.439. The summed E-state index contributed by atoms with van der Waals surface area (Å²) in [5.41, 5.74) is 3.39. The van der Waals surface area contributed by atoms with Crippen molar-refractivity contribution in [2.45, 2.75) is 26.7 Å². The number of rotatable bonds is 6. The van der Waals surface area contributed by atoms with Crippen LogP contribution in [0.15, 0.2) is 29.4 Å². The molecule has 1 aromatic rings. The molecule has 0 N–H and O–H groups in total. The minimum absolute atomic E-state index is 0.535. The molecule has 0 spiro atoms. The van der Waals surface area contributed by atoms with Gasteiger partial charge in [-0.15, -0.1) is 0 Å². The zero-order valence-electron chi connectivity index (χ0n) is 12.1. The molecule has 0 atom stereocenters. The molecule has 0 amide bonds. The summed E-state index contributed by atoms with van der Waals surface area (Å²) in [4.78, 5) is 7.38. The van der Waals surface area contributed by atoms with Gasteiger partial charge in [-0.2, -0.15) is 0 Å². The molecule has 0 aliphatic heterocycles. The van der Waals surface area contributed by atoms with E-state index in [0.29, 0.717) is 12.5 Å². The fourth-order valence-corrected chi connectivity index (χ4v) is 1.54. The zero-order valence-corrected chi connectivity index (χ0v) is 12.1. The van der Waals surface area contributed by atoms with Gasteiger partial charge in [0, 0.05) is 6.54 Å². The van der Waals surface area contributed by atoms with E-state index in [-0.39, 0.29) is 0 Å². The Kier molecular flexibility index (Phi) is 5.86. The molecule has 0 saturated carbocycles. The van der Waals surface area contributed by atoms with Crippen molar-refractivity contribution < 1.29 is 4.84 Å². The summed E-state index contributed by atoms with van der Waals surface area (Å²) in [5, 5.41) is 4.16. The maximum atomic E-state index is 5.31. The molecule has 1 aromatic carbocycles. The van der Waals surface area contributed by atoms with Crippen molar-refractivity contribution in [2.75, 3.05) is 27.2 Å². The van der Waals surface area contributed by atoms with Gasteiger partial charge in [0.15, 0.2) is 0 Å². The van der Waals surface area contributed by atoms with Crippen molar-refractivity contribution in [2.24, 2.45) is 5.16 Å². The van der Waals surface area contributed by atoms with Crippen LogP contribution in [0.3, 0.4) is 0 Å². The molecule has 0 unspecified atom stereocenters. The Hall–Kier alpha value is -1.35. The van der Waals surface area contributed by atoms with E-state index in [0.717, 1.165) is 17.8 Å². The van der Waals surface area contributed by atoms with Gasteiger partial charge in [-0.05, 0) is 44.1 Å². The third kappa shape index (κ3) is 4.88. The Morgan fingerprint density at radius 1 is 1.33 bits per heavy atom. The van der Waals surface area contributed by atoms with Gasteiger partial charge >= 0.3 is 0 Å². The van der Waals surface area contributed by atoms with Crippen LogP contribution in [0.1, 0.15) is 37.8 Å². The fraction of sp³-hybridized carbons (Fsp3) is 0.533. The fourth-order valence-electron chi connectivity index (χ4n) is 1.54. The van der Waals surface area contributed by atoms with E-state index in [1.165, 1.54) is 5.56 Å². The molecule has 0 radical (unpaired) electrons. The highest BCUT2D eigenvalue weighted by molar-refractivity contribution is 5.98. The Bertz CT molecular complexity index is 397. The largest absolute Gasteiger partial charge is 0.394 e. The number of hydrogen-bond acceptors (Lipinski definition) is 3. The molecule has 0 fully saturated rings. The molecule has 0 aliphatic carbocycles. The van der Waals surface area contributed by atoms with Crippen molar-refractivity contribution in [1.82, 2.24) is 4.90 Å². The van der Waals surface area contributed by atoms with Crippen molar-refractivity contribution in [3.05, 3.63) is 35.4 Å². The summed E-state index contributed by atoms with van der Waals surface area (Å²) in [7, 11) is 4.04. The van der Waals surface area contributed by atoms with E-state index in [4.69, 9.17) is 4.84 Å². The van der Waals surface area contributed by atoms with E-state index >= 15 is 0 Å². The number of hydrogen-bond donors (Lipinski definition) is 0. The monoisotopic (exact) mass is 248 g/mol. The summed E-state index contributed by atoms with van der Waals surface area (Å²) in [5.74, 6) is 0.535. The van der Waals surface area contributed by atoms with E-state index in [1.54, 1.807) is 0 Å². The van der Waals surface area contributed by atoms with Gasteiger partial charge in [0.2, 0.25) is 0 Å². The van der Waals surface area contributed by atoms with Crippen molar-refractivity contribution >= 4 is 5.71 Å². The second-order valence-corrected chi connectivity index (χ2v) is 5.09. The van der Waals surface area contributed by atoms with Crippen LogP contribution in [0.2, 0.25) is 0 Å². The van der Waals surface area contributed by atoms with Crippen LogP contribution in [0, 0.1) is 0 Å². The molecular weight excluding hydrogens is 224 g/mol. The maximum absolute atomic E-state index is 5.31. The summed E-state index contributed by atoms with van der Waals surface area (Å²) in [6.45, 7) is 7.87. The lowest BCUT2D eigenvalue weighted by Gasteiger charge is -2.09. The number of benzene rings is 1. The lowest BCUT2D eigenvalue weighted by molar-refractivity contribution is 0.126. The normalized spacial score (nSPS) is 12.3. The standard InChI is InChI=1S/C15H24N2O/c1-12(2)14-7-6-8-15(11-14)13(3)16-18-10-9-17(4)5/h6-8,11-12H,9-10H2,1-5H3/b16-13+. The Morgan fingerprint density at radius 3 is 2.67 bits per heavy atom. The summed E-state index contributed by atoms with van der Waals surface area (Å²) < 4.78 is 0. The molecule has 1 rings (SSSR count). The molecule has 0 heterocycles. The smallest absolute Gasteiger partial charge is 0.129 e. The zero-order chi connectivity index (χ0) is 13.5. The van der Waals surface area contributed by atoms with Crippen LogP contribution in [0.4, 0.5) is 0 Å². The number of oxime groups is 1. The van der Waals surface area contributed by atoms with Crippen molar-refractivity contribution in [3.63, 3.8) is 0 Å². The number of nitrogens with zero attached hydrogens (tertiary/aromatic N) is 2. The topological polar surface area (TPSA) is 24.8 Å². The lowest BCUT2D eigenvalue weighted by atomic mass is 9.99. The van der Waals surface area contributed by atoms with E-state index in [2.05, 4.69) is 48.2 Å². The lowest BCUT2D eigenvalue weighted by Crippen LogP contribution is -2.17. The second kappa shape index (κ2) is 7.17. The molecule has 3 nitrogen and oxygen atoms in total. The minimum Gasteiger partial charge on any atom is -0.394 e. The first-order valence-corrected chi connectivity index (χ1v) is 6.42. The van der Waals surface area contributed by atoms with Crippen LogP contribution in [-0.4, -0.2) is 37.9 Å². The molecule has 0 aromatic heterocycles. The van der Waals surface area contributed by atoms with Gasteiger partial charge < -0.3 is 9.74 Å². The predicted octanol–water partition coefficient (Wildman–Crippen LogP) is 3.11. The molecule has 0 aliphatic rings. The third-order valence-corrected chi connectivity index (χ3v) is 2.80. The first-order valence-electron chi connectivity index (χ1n) is 6.42.